The molecule has 5 heterocycles. The molecule has 4 amide bonds. The molecular formula is C78H98AlCl3F5N13O14S4. The standard InChI is InChI=1S/C24H32FN5O3.C16H30N4O.C10H10FNO3S.2C8H4FNO2S.C6H5FO.C4H5NO2S.2CH4.Al.3ClH/c1-5-10-30-11-8-24(15-26,9-12-30)29-21(31)18(14-23(2,3)4)27-20-17-7-6-16(25)13-19(17)33-22(32)28-20;1-5-8-20-9-6-16(12-17,7-10-20)19-14(21)13(18)11-15(2,3)4;1-15-5-9(14)12-10(16)7-3-2-6(13)4-8(7)11;2*9-4-1-2-5-6(3-4)12-8(11)10-7(5)13;7-5-2-1-3-6(8)4-5;1-2-7-4(6)5-3-8;;;;;;/h6-7,13,18H,5,8-12,14H2,1-4H3,(H,29,31)(H,27,28,32);13H,5-11,18H2,1-4H3,(H,19,21);2-4,13H,5H2,1H3,(H,12,14,16);2*1-3H,(H,10,11,13);1-4,8H;2H2,1H3;2*1H4;;3*1H/q;;;;;;;;;+3;;;/p-3/t18-;13-;;;;;;;;;;;/m00.........../s1. The number of likely N-dealkylation sites (tertiary alicyclic amines) is 2. The summed E-state index contributed by atoms with van der Waals surface area (Å²) in [4.78, 5) is 96.6. The molecule has 0 unspecified atom stereocenters. The molecule has 2 aliphatic heterocycles. The lowest BCUT2D eigenvalue weighted by Crippen LogP contribution is -2.58. The fraction of sp³-hybridized carbons (Fsp3) is 0.436. The third kappa shape index (κ3) is 39.7. The van der Waals surface area contributed by atoms with E-state index in [1.807, 2.05) is 25.9 Å². The van der Waals surface area contributed by atoms with E-state index in [2.05, 4.69) is 119 Å². The van der Waals surface area contributed by atoms with Gasteiger partial charge in [0, 0.05) is 69.2 Å². The maximum Gasteiger partial charge on any atom is 0.643 e. The molecule has 0 saturated carbocycles. The van der Waals surface area contributed by atoms with Gasteiger partial charge in [0.2, 0.25) is 11.8 Å². The lowest BCUT2D eigenvalue weighted by atomic mass is 9.85. The van der Waals surface area contributed by atoms with Crippen LogP contribution in [0.5, 0.6) is 11.5 Å². The largest absolute Gasteiger partial charge is 0.643 e. The maximum absolute atomic E-state index is 13.6. The summed E-state index contributed by atoms with van der Waals surface area (Å²) in [7, 11) is 16.2. The van der Waals surface area contributed by atoms with Gasteiger partial charge in [-0.1, -0.05) is 113 Å². The monoisotopic (exact) mass is 1800 g/mol. The molecule has 2 fully saturated rings. The number of rotatable bonds is 16. The van der Waals surface area contributed by atoms with E-state index in [-0.39, 0.29) is 98.0 Å². The number of fused-ring (bicyclic) bond motifs is 3. The number of amides is 4. The SMILES string of the molecule is C.C.CCCN1CCC(C#N)(NC(=O)[C@@H](N)CC(C)(C)C)CC1.CCCN1CCC(C#N)(NC(=O)[C@H](CC(C)(C)C)Nc2nc(=O)oc3cc(F)ccc23)CC1.CCOC(=O)N=C=S.COCC(=O)NC(=S)c1ccc(O)cc1F.O=c1[nH]c(=S)c2ccc(F)cc2o1.O=c1[nH]c(=S)c2ccc(F)cc2o1.Oc1cccc(F)c1.[Cl][Al]([Cl])[Cl]. The van der Waals surface area contributed by atoms with E-state index in [9.17, 15) is 66.0 Å². The molecule has 2 saturated heterocycles. The predicted octanol–water partition coefficient (Wildman–Crippen LogP) is 15.7. The summed E-state index contributed by atoms with van der Waals surface area (Å²) in [5, 5.41) is 51.6. The Morgan fingerprint density at radius 3 is 1.50 bits per heavy atom. The first kappa shape index (κ1) is 107. The van der Waals surface area contributed by atoms with Crippen LogP contribution in [0.2, 0.25) is 0 Å². The second-order valence-electron chi connectivity index (χ2n) is 27.9. The maximum atomic E-state index is 13.6. The number of hydrogen-bond acceptors (Lipinski definition) is 25. The molecule has 40 heteroatoms. The van der Waals surface area contributed by atoms with Crippen molar-refractivity contribution < 1.29 is 74.1 Å². The molecule has 2 aliphatic rings. The van der Waals surface area contributed by atoms with E-state index >= 15 is 0 Å². The van der Waals surface area contributed by atoms with Crippen LogP contribution in [0, 0.1) is 71.9 Å². The number of thiocarbonyl (C=S) groups is 2. The lowest BCUT2D eigenvalue weighted by Gasteiger charge is -2.39. The molecule has 642 valence electrons. The number of halogens is 8. The van der Waals surface area contributed by atoms with Crippen LogP contribution in [0.4, 0.5) is 32.6 Å². The van der Waals surface area contributed by atoms with Crippen molar-refractivity contribution in [2.75, 3.05) is 64.9 Å². The number of carbonyl (C=O) groups is 4. The van der Waals surface area contributed by atoms with Gasteiger partial charge in [-0.25, -0.2) is 71.3 Å². The van der Waals surface area contributed by atoms with Gasteiger partial charge in [0.25, 0.3) is 5.91 Å². The fourth-order valence-electron chi connectivity index (χ4n) is 10.8. The highest BCUT2D eigenvalue weighted by atomic mass is 35.8. The van der Waals surface area contributed by atoms with E-state index in [0.29, 0.717) is 61.3 Å². The number of nitrogens with one attached hydrogen (secondary N) is 6. The molecule has 27 nitrogen and oxygen atoms in total. The number of aliphatic imine (C=N–C) groups is 1. The lowest BCUT2D eigenvalue weighted by molar-refractivity contribution is -0.125. The summed E-state index contributed by atoms with van der Waals surface area (Å²) >= 11 is 16.9. The first-order valence-electron chi connectivity index (χ1n) is 35.6. The summed E-state index contributed by atoms with van der Waals surface area (Å²) in [5.74, 6) is -5.89. The number of benzene rings is 5. The van der Waals surface area contributed by atoms with Crippen molar-refractivity contribution in [2.45, 2.75) is 152 Å². The molecule has 10 rings (SSSR count). The van der Waals surface area contributed by atoms with Gasteiger partial charge in [-0.05, 0) is 155 Å². The minimum absolute atomic E-state index is 0. The van der Waals surface area contributed by atoms with Crippen molar-refractivity contribution in [2.24, 2.45) is 21.6 Å². The van der Waals surface area contributed by atoms with E-state index in [0.717, 1.165) is 82.4 Å². The van der Waals surface area contributed by atoms with E-state index < -0.39 is 92.9 Å². The Hall–Kier alpha value is -9.00. The summed E-state index contributed by atoms with van der Waals surface area (Å²) in [6, 6.07) is 23.5. The summed E-state index contributed by atoms with van der Waals surface area (Å²) < 4.78 is 88.2. The Balaban J connectivity index is 0.000000717. The number of methoxy groups -OCH3 is 1. The van der Waals surface area contributed by atoms with Gasteiger partial charge < -0.3 is 69.7 Å². The van der Waals surface area contributed by atoms with Gasteiger partial charge in [0.05, 0.1) is 46.1 Å². The van der Waals surface area contributed by atoms with Gasteiger partial charge >= 0.3 is 34.7 Å². The van der Waals surface area contributed by atoms with Gasteiger partial charge in [0.1, 0.15) is 101 Å². The fourth-order valence-corrected chi connectivity index (χ4v) is 11.7. The number of H-pyrrole nitrogens is 2. The summed E-state index contributed by atoms with van der Waals surface area (Å²) in [6.07, 6.45) is 4.97. The van der Waals surface area contributed by atoms with Crippen molar-refractivity contribution in [3.8, 4) is 23.6 Å². The zero-order chi connectivity index (χ0) is 87.3. The Morgan fingerprint density at radius 2 is 1.11 bits per heavy atom. The van der Waals surface area contributed by atoms with Crippen molar-refractivity contribution >= 4 is 163 Å². The number of aromatic nitrogens is 3. The van der Waals surface area contributed by atoms with Crippen LogP contribution in [-0.4, -0.2) is 163 Å². The van der Waals surface area contributed by atoms with Crippen molar-refractivity contribution in [1.29, 1.82) is 10.5 Å². The molecule has 5 aromatic carbocycles. The number of nitrogens with two attached hydrogens (primary N) is 1. The topological polar surface area (TPSA) is 403 Å². The van der Waals surface area contributed by atoms with Gasteiger partial charge in [-0.3, -0.25) is 24.4 Å². The number of nitrogens with zero attached hydrogens (tertiary/aromatic N) is 6. The van der Waals surface area contributed by atoms with E-state index in [1.165, 1.54) is 73.8 Å². The second kappa shape index (κ2) is 52.8. The number of carbonyl (C=O) groups excluding carboxylic acids is 4. The molecule has 8 aromatic rings. The van der Waals surface area contributed by atoms with Crippen LogP contribution in [0.15, 0.2) is 130 Å². The molecule has 118 heavy (non-hydrogen) atoms. The molecule has 3 aromatic heterocycles. The number of hydrogen-bond donors (Lipinski definition) is 9. The first-order chi connectivity index (χ1) is 54.4. The highest BCUT2D eigenvalue weighted by Gasteiger charge is 2.40. The summed E-state index contributed by atoms with van der Waals surface area (Å²) in [6.45, 7) is 23.5. The second-order valence-corrected chi connectivity index (χ2v) is 35.8. The van der Waals surface area contributed by atoms with Crippen LogP contribution < -0.4 is 44.3 Å². The minimum Gasteiger partial charge on any atom is -0.508 e. The number of ether oxygens (including phenoxy) is 2. The molecule has 0 aliphatic carbocycles. The number of nitriles is 2. The normalized spacial score (nSPS) is 13.5. The molecule has 10 N–H and O–H groups in total. The van der Waals surface area contributed by atoms with Crippen molar-refractivity contribution in [3.63, 3.8) is 0 Å². The number of anilines is 1. The van der Waals surface area contributed by atoms with Gasteiger partial charge in [-0.2, -0.15) is 15.5 Å². The number of isothiocyanates is 1. The van der Waals surface area contributed by atoms with Crippen molar-refractivity contribution in [1.82, 2.24) is 40.7 Å². The zero-order valence-electron chi connectivity index (χ0n) is 65.0. The predicted molar refractivity (Wildman–Crippen MR) is 461 cm³/mol. The smallest absolute Gasteiger partial charge is 0.508 e. The summed E-state index contributed by atoms with van der Waals surface area (Å²) in [5.41, 5.74) is 4.49. The Morgan fingerprint density at radius 1 is 0.678 bits per heavy atom. The average molecular weight is 1800 g/mol. The average Bonchev–Trinajstić information content (AvgIpc) is 0.846. The zero-order valence-corrected chi connectivity index (χ0v) is 71.7. The minimum atomic E-state index is -1.72. The van der Waals surface area contributed by atoms with Gasteiger partial charge in [-0.15, -0.1) is 4.99 Å². The van der Waals surface area contributed by atoms with Crippen LogP contribution in [0.1, 0.15) is 134 Å². The molecular weight excluding hydrogens is 1700 g/mol. The van der Waals surface area contributed by atoms with E-state index in [4.69, 9.17) is 96.0 Å². The molecule has 2 atom stereocenters. The Labute approximate surface area is 717 Å². The Kier molecular flexibility index (Phi) is 47.9. The molecule has 0 spiro atoms. The quantitative estimate of drug-likeness (QED) is 0.0188. The molecule has 0 bridgehead atoms. The van der Waals surface area contributed by atoms with Gasteiger partial charge in [0.15, 0.2) is 0 Å². The number of phenolic OH excluding ortho intramolecular Hbond substituents is 2. The highest BCUT2D eigenvalue weighted by Crippen LogP contribution is 2.30. The van der Waals surface area contributed by atoms with Crippen molar-refractivity contribution in [3.05, 3.63) is 173 Å². The third-order valence-electron chi connectivity index (χ3n) is 16.0. The van der Waals surface area contributed by atoms with Crippen LogP contribution in [-0.2, 0) is 23.9 Å². The first-order valence-corrected chi connectivity index (χ1v) is 42.5. The Bertz CT molecular complexity index is 4960. The van der Waals surface area contributed by atoms with E-state index in [1.54, 1.807) is 6.92 Å². The molecule has 0 radical (unpaired) electrons. The third-order valence-corrected chi connectivity index (χ3v) is 17.1. The van der Waals surface area contributed by atoms with Crippen LogP contribution in [0.3, 0.4) is 0 Å². The number of aromatic amines is 2. The number of phenols is 2. The number of piperidine rings is 2. The van der Waals surface area contributed by atoms with Crippen LogP contribution in [0.25, 0.3) is 32.9 Å². The van der Waals surface area contributed by atoms with Crippen LogP contribution >= 0.6 is 79.0 Å². The highest BCUT2D eigenvalue weighted by molar-refractivity contribution is 7.80. The number of aromatic hydroxyl groups is 2.